The lowest BCUT2D eigenvalue weighted by molar-refractivity contribution is -0.124. The van der Waals surface area contributed by atoms with Gasteiger partial charge in [0.1, 0.15) is 11.0 Å². The van der Waals surface area contributed by atoms with Gasteiger partial charge in [0.2, 0.25) is 0 Å². The van der Waals surface area contributed by atoms with Gasteiger partial charge in [0.25, 0.3) is 15.9 Å². The second-order valence-electron chi connectivity index (χ2n) is 7.01. The summed E-state index contributed by atoms with van der Waals surface area (Å²) < 4.78 is 33.7. The number of aromatic nitrogens is 1. The molecule has 2 aromatic carbocycles. The summed E-state index contributed by atoms with van der Waals surface area (Å²) in [4.78, 5) is 16.5. The van der Waals surface area contributed by atoms with Crippen LogP contribution in [0, 0.1) is 6.92 Å². The van der Waals surface area contributed by atoms with Crippen molar-refractivity contribution in [3.8, 4) is 0 Å². The molecule has 1 saturated heterocycles. The average Bonchev–Trinajstić information content (AvgIpc) is 3.23. The van der Waals surface area contributed by atoms with Crippen LogP contribution in [-0.2, 0) is 19.6 Å². The van der Waals surface area contributed by atoms with Crippen molar-refractivity contribution in [2.45, 2.75) is 30.8 Å². The summed E-state index contributed by atoms with van der Waals surface area (Å²) in [6, 6.07) is 13.5. The van der Waals surface area contributed by atoms with Gasteiger partial charge in [0, 0.05) is 29.6 Å². The van der Waals surface area contributed by atoms with Gasteiger partial charge in [0.15, 0.2) is 0 Å². The fraction of sp³-hybridized carbons (Fsp3) is 0.238. The van der Waals surface area contributed by atoms with Crippen LogP contribution in [0.15, 0.2) is 59.6 Å². The number of pyridine rings is 1. The molecule has 7 nitrogen and oxygen atoms in total. The first-order valence-corrected chi connectivity index (χ1v) is 10.8. The molecule has 1 aromatic heterocycles. The number of aryl methyl sites for hydroxylation is 1. The Morgan fingerprint density at radius 3 is 2.62 bits per heavy atom. The summed E-state index contributed by atoms with van der Waals surface area (Å²) in [5, 5.41) is 3.55. The number of anilines is 2. The van der Waals surface area contributed by atoms with E-state index in [1.54, 1.807) is 36.5 Å². The van der Waals surface area contributed by atoms with Gasteiger partial charge < -0.3 is 10.1 Å². The minimum absolute atomic E-state index is 0.116. The molecule has 1 aliphatic heterocycles. The number of hydrogen-bond donors (Lipinski definition) is 2. The molecule has 150 valence electrons. The number of ether oxygens (including phenoxy) is 1. The van der Waals surface area contributed by atoms with E-state index in [1.807, 2.05) is 19.1 Å². The third-order valence-corrected chi connectivity index (χ3v) is 6.14. The van der Waals surface area contributed by atoms with Gasteiger partial charge in [-0.05, 0) is 61.7 Å². The first-order valence-electron chi connectivity index (χ1n) is 9.33. The molecule has 0 saturated carbocycles. The molecule has 1 amide bonds. The molecular formula is C21H21N3O4S. The van der Waals surface area contributed by atoms with Crippen LogP contribution in [0.1, 0.15) is 18.4 Å². The molecule has 0 spiro atoms. The van der Waals surface area contributed by atoms with Crippen LogP contribution in [0.4, 0.5) is 11.4 Å². The van der Waals surface area contributed by atoms with Crippen molar-refractivity contribution in [2.75, 3.05) is 16.6 Å². The molecule has 0 radical (unpaired) electrons. The Bertz CT molecular complexity index is 1150. The molecule has 29 heavy (non-hydrogen) atoms. The number of para-hydroxylation sites is 1. The second-order valence-corrected chi connectivity index (χ2v) is 8.67. The Kier molecular flexibility index (Phi) is 5.21. The SMILES string of the molecule is Cc1cnc2c(S(=O)(=O)Nc3ccc(NC(=O)[C@@H]4CCCO4)cc3)cccc2c1. The molecule has 0 aliphatic carbocycles. The van der Waals surface area contributed by atoms with E-state index >= 15 is 0 Å². The molecule has 8 heteroatoms. The quantitative estimate of drug-likeness (QED) is 0.670. The van der Waals surface area contributed by atoms with E-state index in [9.17, 15) is 13.2 Å². The van der Waals surface area contributed by atoms with Gasteiger partial charge in [-0.3, -0.25) is 14.5 Å². The van der Waals surface area contributed by atoms with Crippen molar-refractivity contribution in [2.24, 2.45) is 0 Å². The fourth-order valence-corrected chi connectivity index (χ4v) is 4.54. The number of carbonyl (C=O) groups is 1. The van der Waals surface area contributed by atoms with E-state index in [4.69, 9.17) is 4.74 Å². The number of fused-ring (bicyclic) bond motifs is 1. The van der Waals surface area contributed by atoms with Crippen molar-refractivity contribution >= 4 is 38.2 Å². The average molecular weight is 411 g/mol. The predicted octanol–water partition coefficient (Wildman–Crippen LogP) is 3.46. The van der Waals surface area contributed by atoms with Crippen molar-refractivity contribution in [1.82, 2.24) is 4.98 Å². The van der Waals surface area contributed by atoms with E-state index in [0.29, 0.717) is 29.9 Å². The topological polar surface area (TPSA) is 97.4 Å². The second kappa shape index (κ2) is 7.81. The number of benzene rings is 2. The Labute approximate surface area is 169 Å². The normalized spacial score (nSPS) is 16.7. The van der Waals surface area contributed by atoms with Crippen LogP contribution in [0.3, 0.4) is 0 Å². The Morgan fingerprint density at radius 2 is 1.90 bits per heavy atom. The third kappa shape index (κ3) is 4.23. The highest BCUT2D eigenvalue weighted by Gasteiger charge is 2.23. The number of carbonyl (C=O) groups excluding carboxylic acids is 1. The molecule has 3 aromatic rings. The molecule has 0 bridgehead atoms. The number of rotatable bonds is 5. The summed E-state index contributed by atoms with van der Waals surface area (Å²) >= 11 is 0. The predicted molar refractivity (Wildman–Crippen MR) is 111 cm³/mol. The maximum Gasteiger partial charge on any atom is 0.264 e. The minimum Gasteiger partial charge on any atom is -0.368 e. The van der Waals surface area contributed by atoms with Crippen LogP contribution in [0.2, 0.25) is 0 Å². The van der Waals surface area contributed by atoms with Gasteiger partial charge in [0.05, 0.1) is 5.52 Å². The van der Waals surface area contributed by atoms with Crippen LogP contribution in [0.5, 0.6) is 0 Å². The van der Waals surface area contributed by atoms with Crippen LogP contribution in [-0.4, -0.2) is 32.0 Å². The lowest BCUT2D eigenvalue weighted by Crippen LogP contribution is -2.26. The highest BCUT2D eigenvalue weighted by molar-refractivity contribution is 7.93. The molecule has 2 N–H and O–H groups in total. The smallest absolute Gasteiger partial charge is 0.264 e. The Hall–Kier alpha value is -2.97. The highest BCUT2D eigenvalue weighted by atomic mass is 32.2. The maximum absolute atomic E-state index is 12.9. The van der Waals surface area contributed by atoms with E-state index in [-0.39, 0.29) is 10.8 Å². The van der Waals surface area contributed by atoms with Crippen LogP contribution in [0.25, 0.3) is 10.9 Å². The summed E-state index contributed by atoms with van der Waals surface area (Å²) in [5.41, 5.74) is 2.35. The van der Waals surface area contributed by atoms with Crippen LogP contribution < -0.4 is 10.0 Å². The largest absolute Gasteiger partial charge is 0.368 e. The number of nitrogens with zero attached hydrogens (tertiary/aromatic N) is 1. The van der Waals surface area contributed by atoms with E-state index in [1.165, 1.54) is 6.07 Å². The van der Waals surface area contributed by atoms with E-state index in [0.717, 1.165) is 17.4 Å². The molecule has 1 atom stereocenters. The van der Waals surface area contributed by atoms with E-state index in [2.05, 4.69) is 15.0 Å². The standard InChI is InChI=1S/C21H21N3O4S/c1-14-12-15-4-2-6-19(20(15)22-13-14)29(26,27)24-17-9-7-16(8-10-17)23-21(25)18-5-3-11-28-18/h2,4,6-10,12-13,18,24H,3,5,11H2,1H3,(H,23,25)/t18-/m0/s1. The van der Waals surface area contributed by atoms with Gasteiger partial charge in [-0.1, -0.05) is 12.1 Å². The van der Waals surface area contributed by atoms with Crippen molar-refractivity contribution < 1.29 is 17.9 Å². The monoisotopic (exact) mass is 411 g/mol. The zero-order chi connectivity index (χ0) is 20.4. The molecular weight excluding hydrogens is 390 g/mol. The van der Waals surface area contributed by atoms with Crippen LogP contribution >= 0.6 is 0 Å². The van der Waals surface area contributed by atoms with Crippen molar-refractivity contribution in [1.29, 1.82) is 0 Å². The highest BCUT2D eigenvalue weighted by Crippen LogP contribution is 2.25. The molecule has 0 unspecified atom stereocenters. The molecule has 4 rings (SSSR count). The van der Waals surface area contributed by atoms with Crippen molar-refractivity contribution in [3.05, 3.63) is 60.3 Å². The number of amides is 1. The zero-order valence-electron chi connectivity index (χ0n) is 15.9. The summed E-state index contributed by atoms with van der Waals surface area (Å²) in [6.07, 6.45) is 2.81. The van der Waals surface area contributed by atoms with Gasteiger partial charge in [-0.15, -0.1) is 0 Å². The van der Waals surface area contributed by atoms with Crippen molar-refractivity contribution in [3.63, 3.8) is 0 Å². The minimum atomic E-state index is -3.82. The summed E-state index contributed by atoms with van der Waals surface area (Å²) in [6.45, 7) is 2.51. The van der Waals surface area contributed by atoms with Gasteiger partial charge >= 0.3 is 0 Å². The number of nitrogens with one attached hydrogen (secondary N) is 2. The maximum atomic E-state index is 12.9. The molecule has 2 heterocycles. The molecule has 1 fully saturated rings. The zero-order valence-corrected chi connectivity index (χ0v) is 16.7. The lowest BCUT2D eigenvalue weighted by Gasteiger charge is -2.12. The summed E-state index contributed by atoms with van der Waals surface area (Å²) in [5.74, 6) is -0.187. The fourth-order valence-electron chi connectivity index (χ4n) is 3.30. The Balaban J connectivity index is 1.52. The Morgan fingerprint density at radius 1 is 1.14 bits per heavy atom. The van der Waals surface area contributed by atoms with Gasteiger partial charge in [-0.2, -0.15) is 0 Å². The third-order valence-electron chi connectivity index (χ3n) is 4.73. The molecule has 1 aliphatic rings. The summed E-state index contributed by atoms with van der Waals surface area (Å²) in [7, 11) is -3.82. The van der Waals surface area contributed by atoms with Gasteiger partial charge in [-0.25, -0.2) is 8.42 Å². The lowest BCUT2D eigenvalue weighted by atomic mass is 10.2. The van der Waals surface area contributed by atoms with E-state index < -0.39 is 16.1 Å². The first kappa shape index (κ1) is 19.4. The number of sulfonamides is 1. The number of hydrogen-bond acceptors (Lipinski definition) is 5. The first-order chi connectivity index (χ1) is 13.9.